The van der Waals surface area contributed by atoms with Gasteiger partial charge in [0.15, 0.2) is 9.84 Å². The average molecular weight is 411 g/mol. The first-order valence-corrected chi connectivity index (χ1v) is 11.4. The highest BCUT2D eigenvalue weighted by Gasteiger charge is 2.26. The highest BCUT2D eigenvalue weighted by atomic mass is 32.2. The summed E-state index contributed by atoms with van der Waals surface area (Å²) in [5.74, 6) is 1.71. The molecule has 3 aromatic rings. The van der Waals surface area contributed by atoms with Crippen molar-refractivity contribution < 1.29 is 13.2 Å². The summed E-state index contributed by atoms with van der Waals surface area (Å²) in [5.41, 5.74) is 3.83. The second kappa shape index (κ2) is 6.84. The van der Waals surface area contributed by atoms with Gasteiger partial charge in [-0.2, -0.15) is 0 Å². The SMILES string of the molecule is Cn1nc(OC2CCS(=O)(=O)CC2)c2ccc(NC3=NCc4ncccc43)cc21. The molecule has 0 aliphatic carbocycles. The Hall–Kier alpha value is -2.94. The summed E-state index contributed by atoms with van der Waals surface area (Å²) in [6, 6.07) is 9.88. The molecule has 150 valence electrons. The van der Waals surface area contributed by atoms with Gasteiger partial charge in [-0.15, -0.1) is 5.10 Å². The lowest BCUT2D eigenvalue weighted by molar-refractivity contribution is 0.183. The molecule has 2 aliphatic rings. The molecule has 0 saturated carbocycles. The van der Waals surface area contributed by atoms with E-state index in [1.807, 2.05) is 37.4 Å². The third-order valence-electron chi connectivity index (χ3n) is 5.39. The van der Waals surface area contributed by atoms with Gasteiger partial charge in [-0.25, -0.2) is 8.42 Å². The number of benzene rings is 1. The Labute approximate surface area is 168 Å². The number of fused-ring (bicyclic) bond motifs is 2. The number of hydrogen-bond donors (Lipinski definition) is 1. The van der Waals surface area contributed by atoms with Crippen molar-refractivity contribution in [1.82, 2.24) is 14.8 Å². The lowest BCUT2D eigenvalue weighted by atomic mass is 10.2. The number of hydrogen-bond acceptors (Lipinski definition) is 7. The number of amidine groups is 1. The van der Waals surface area contributed by atoms with E-state index in [0.29, 0.717) is 25.3 Å². The molecular formula is C20H21N5O3S. The van der Waals surface area contributed by atoms with Crippen molar-refractivity contribution in [3.8, 4) is 5.88 Å². The van der Waals surface area contributed by atoms with E-state index >= 15 is 0 Å². The lowest BCUT2D eigenvalue weighted by Crippen LogP contribution is -2.30. The number of sulfone groups is 1. The molecule has 4 heterocycles. The summed E-state index contributed by atoms with van der Waals surface area (Å²) in [6.45, 7) is 0.585. The normalized spacial score (nSPS) is 18.4. The fraction of sp³-hybridized carbons (Fsp3) is 0.350. The number of nitrogens with zero attached hydrogens (tertiary/aromatic N) is 4. The summed E-state index contributed by atoms with van der Waals surface area (Å²) in [5, 5.41) is 8.79. The zero-order valence-corrected chi connectivity index (χ0v) is 16.8. The highest BCUT2D eigenvalue weighted by Crippen LogP contribution is 2.30. The van der Waals surface area contributed by atoms with E-state index in [4.69, 9.17) is 4.74 Å². The summed E-state index contributed by atoms with van der Waals surface area (Å²) in [4.78, 5) is 8.90. The monoisotopic (exact) mass is 411 g/mol. The Bertz CT molecular complexity index is 1220. The van der Waals surface area contributed by atoms with Gasteiger partial charge in [0.05, 0.1) is 34.6 Å². The van der Waals surface area contributed by atoms with E-state index < -0.39 is 9.84 Å². The van der Waals surface area contributed by atoms with Gasteiger partial charge in [0, 0.05) is 24.5 Å². The fourth-order valence-corrected chi connectivity index (χ4v) is 5.24. The number of ether oxygens (including phenoxy) is 1. The number of aryl methyl sites for hydroxylation is 1. The molecule has 9 heteroatoms. The van der Waals surface area contributed by atoms with Crippen LogP contribution in [0.4, 0.5) is 5.69 Å². The smallest absolute Gasteiger partial charge is 0.241 e. The van der Waals surface area contributed by atoms with Crippen LogP contribution in [0, 0.1) is 0 Å². The molecule has 0 atom stereocenters. The standard InChI is InChI=1S/C20H21N5O3S/c1-25-18-11-13(23-19-15-3-2-8-21-17(15)12-22-19)4-5-16(18)20(24-25)28-14-6-9-29(26,27)10-7-14/h2-5,8,11,14H,6-7,9-10,12H2,1H3,(H,22,23). The molecule has 8 nitrogen and oxygen atoms in total. The van der Waals surface area contributed by atoms with Gasteiger partial charge in [0.25, 0.3) is 0 Å². The van der Waals surface area contributed by atoms with Crippen LogP contribution in [0.25, 0.3) is 10.9 Å². The van der Waals surface area contributed by atoms with Gasteiger partial charge >= 0.3 is 0 Å². The number of anilines is 1. The highest BCUT2D eigenvalue weighted by molar-refractivity contribution is 7.91. The van der Waals surface area contributed by atoms with Crippen molar-refractivity contribution >= 4 is 32.3 Å². The first kappa shape index (κ1) is 18.1. The number of nitrogens with one attached hydrogen (secondary N) is 1. The van der Waals surface area contributed by atoms with Crippen LogP contribution in [0.3, 0.4) is 0 Å². The second-order valence-corrected chi connectivity index (χ2v) is 9.72. The van der Waals surface area contributed by atoms with Crippen LogP contribution in [-0.4, -0.2) is 46.6 Å². The molecule has 1 aromatic carbocycles. The van der Waals surface area contributed by atoms with Crippen molar-refractivity contribution in [2.24, 2.45) is 12.0 Å². The largest absolute Gasteiger partial charge is 0.473 e. The maximum absolute atomic E-state index is 11.6. The third-order valence-corrected chi connectivity index (χ3v) is 7.11. The van der Waals surface area contributed by atoms with E-state index in [1.54, 1.807) is 10.9 Å². The van der Waals surface area contributed by atoms with Crippen molar-refractivity contribution in [2.75, 3.05) is 16.8 Å². The van der Waals surface area contributed by atoms with Gasteiger partial charge < -0.3 is 10.1 Å². The summed E-state index contributed by atoms with van der Waals surface area (Å²) >= 11 is 0. The molecule has 2 aromatic heterocycles. The van der Waals surface area contributed by atoms with E-state index in [1.165, 1.54) is 0 Å². The Morgan fingerprint density at radius 3 is 2.86 bits per heavy atom. The minimum atomic E-state index is -2.91. The predicted molar refractivity (Wildman–Crippen MR) is 111 cm³/mol. The zero-order chi connectivity index (χ0) is 20.0. The minimum absolute atomic E-state index is 0.119. The first-order chi connectivity index (χ1) is 14.0. The zero-order valence-electron chi connectivity index (χ0n) is 16.0. The number of rotatable bonds is 3. The van der Waals surface area contributed by atoms with Crippen LogP contribution in [0.1, 0.15) is 24.1 Å². The molecule has 0 spiro atoms. The number of aliphatic imine (C=N–C) groups is 1. The summed E-state index contributed by atoms with van der Waals surface area (Å²) < 4.78 is 31.1. The maximum Gasteiger partial charge on any atom is 0.241 e. The Morgan fingerprint density at radius 2 is 2.03 bits per heavy atom. The van der Waals surface area contributed by atoms with Gasteiger partial charge in [-0.05, 0) is 43.2 Å². The lowest BCUT2D eigenvalue weighted by Gasteiger charge is -2.22. The predicted octanol–water partition coefficient (Wildman–Crippen LogP) is 2.30. The van der Waals surface area contributed by atoms with Gasteiger partial charge in [0.1, 0.15) is 11.9 Å². The quantitative estimate of drug-likeness (QED) is 0.710. The summed E-state index contributed by atoms with van der Waals surface area (Å²) in [7, 11) is -1.04. The van der Waals surface area contributed by atoms with E-state index in [-0.39, 0.29) is 17.6 Å². The Balaban J connectivity index is 1.37. The molecule has 0 radical (unpaired) electrons. The van der Waals surface area contributed by atoms with Crippen molar-refractivity contribution in [3.05, 3.63) is 47.8 Å². The van der Waals surface area contributed by atoms with E-state index in [9.17, 15) is 8.42 Å². The van der Waals surface area contributed by atoms with Gasteiger partial charge in [-0.1, -0.05) is 0 Å². The van der Waals surface area contributed by atoms with Crippen LogP contribution in [0.2, 0.25) is 0 Å². The molecule has 29 heavy (non-hydrogen) atoms. The second-order valence-electron chi connectivity index (χ2n) is 7.42. The van der Waals surface area contributed by atoms with E-state index in [2.05, 4.69) is 20.4 Å². The molecule has 1 saturated heterocycles. The van der Waals surface area contributed by atoms with Crippen LogP contribution in [0.15, 0.2) is 41.5 Å². The van der Waals surface area contributed by atoms with Crippen molar-refractivity contribution in [3.63, 3.8) is 0 Å². The molecule has 2 aliphatic heterocycles. The van der Waals surface area contributed by atoms with Crippen LogP contribution in [0.5, 0.6) is 5.88 Å². The number of aromatic nitrogens is 3. The third kappa shape index (κ3) is 3.46. The molecule has 5 rings (SSSR count). The maximum atomic E-state index is 11.6. The van der Waals surface area contributed by atoms with Gasteiger partial charge in [-0.3, -0.25) is 14.7 Å². The molecule has 1 fully saturated rings. The molecular weight excluding hydrogens is 390 g/mol. The van der Waals surface area contributed by atoms with E-state index in [0.717, 1.165) is 33.7 Å². The molecule has 1 N–H and O–H groups in total. The van der Waals surface area contributed by atoms with Crippen LogP contribution in [-0.2, 0) is 23.4 Å². The molecule has 0 bridgehead atoms. The Morgan fingerprint density at radius 1 is 1.21 bits per heavy atom. The topological polar surface area (TPSA) is 98.5 Å². The van der Waals surface area contributed by atoms with Crippen LogP contribution >= 0.6 is 0 Å². The fourth-order valence-electron chi connectivity index (χ4n) is 3.80. The molecule has 0 unspecified atom stereocenters. The number of pyridine rings is 1. The Kier molecular flexibility index (Phi) is 4.27. The first-order valence-electron chi connectivity index (χ1n) is 9.58. The average Bonchev–Trinajstić information content (AvgIpc) is 3.25. The van der Waals surface area contributed by atoms with Crippen molar-refractivity contribution in [2.45, 2.75) is 25.5 Å². The summed E-state index contributed by atoms with van der Waals surface area (Å²) in [6.07, 6.45) is 2.68. The minimum Gasteiger partial charge on any atom is -0.473 e. The van der Waals surface area contributed by atoms with Crippen LogP contribution < -0.4 is 10.1 Å². The molecule has 0 amide bonds. The van der Waals surface area contributed by atoms with Gasteiger partial charge in [0.2, 0.25) is 5.88 Å². The van der Waals surface area contributed by atoms with Crippen molar-refractivity contribution in [1.29, 1.82) is 0 Å².